The molecule has 0 aromatic heterocycles. The van der Waals surface area contributed by atoms with Gasteiger partial charge in [0, 0.05) is 19.4 Å². The van der Waals surface area contributed by atoms with E-state index in [1.807, 2.05) is 6.92 Å². The largest absolute Gasteiger partial charge is 0.487 e. The number of nitrogens with one attached hydrogen (secondary N) is 2. The summed E-state index contributed by atoms with van der Waals surface area (Å²) in [6.07, 6.45) is 1.30. The van der Waals surface area contributed by atoms with Crippen molar-refractivity contribution in [2.75, 3.05) is 33.4 Å². The summed E-state index contributed by atoms with van der Waals surface area (Å²) in [5.41, 5.74) is 0. The summed E-state index contributed by atoms with van der Waals surface area (Å²) in [6, 6.07) is 3.74. The molecule has 0 radical (unpaired) electrons. The summed E-state index contributed by atoms with van der Waals surface area (Å²) in [5, 5.41) is 2.98. The Hall–Kier alpha value is -0.930. The van der Waals surface area contributed by atoms with Crippen molar-refractivity contribution in [3.63, 3.8) is 0 Å². The SMILES string of the molecule is CNCC(C)CNS(=O)(=O)c1ccc(OC2CCOCC2)c(F)c1.Cl. The summed E-state index contributed by atoms with van der Waals surface area (Å²) >= 11 is 0. The van der Waals surface area contributed by atoms with Crippen LogP contribution in [0.3, 0.4) is 0 Å². The van der Waals surface area contributed by atoms with E-state index in [9.17, 15) is 12.8 Å². The fraction of sp³-hybridized carbons (Fsp3) is 0.625. The van der Waals surface area contributed by atoms with Crippen molar-refractivity contribution in [3.8, 4) is 5.75 Å². The minimum Gasteiger partial charge on any atom is -0.487 e. The average Bonchev–Trinajstić information content (AvgIpc) is 2.56. The fourth-order valence-electron chi connectivity index (χ4n) is 2.47. The minimum absolute atomic E-state index is 0. The molecule has 9 heteroatoms. The van der Waals surface area contributed by atoms with Crippen LogP contribution in [0.5, 0.6) is 5.75 Å². The van der Waals surface area contributed by atoms with Crippen molar-refractivity contribution in [1.29, 1.82) is 0 Å². The highest BCUT2D eigenvalue weighted by molar-refractivity contribution is 7.89. The predicted molar refractivity (Wildman–Crippen MR) is 96.4 cm³/mol. The van der Waals surface area contributed by atoms with Crippen molar-refractivity contribution >= 4 is 22.4 Å². The molecule has 1 saturated heterocycles. The Balaban J connectivity index is 0.00000312. The third kappa shape index (κ3) is 6.71. The lowest BCUT2D eigenvalue weighted by Crippen LogP contribution is -2.32. The number of benzene rings is 1. The van der Waals surface area contributed by atoms with Crippen LogP contribution in [0.1, 0.15) is 19.8 Å². The molecular formula is C16H26ClFN2O4S. The highest BCUT2D eigenvalue weighted by atomic mass is 35.5. The van der Waals surface area contributed by atoms with Crippen LogP contribution in [0, 0.1) is 11.7 Å². The summed E-state index contributed by atoms with van der Waals surface area (Å²) in [6.45, 7) is 4.07. The normalized spacial score (nSPS) is 16.9. The molecule has 1 fully saturated rings. The van der Waals surface area contributed by atoms with Gasteiger partial charge >= 0.3 is 0 Å². The van der Waals surface area contributed by atoms with E-state index in [1.54, 1.807) is 7.05 Å². The van der Waals surface area contributed by atoms with Crippen molar-refractivity contribution in [1.82, 2.24) is 10.0 Å². The molecule has 1 aliphatic rings. The van der Waals surface area contributed by atoms with Gasteiger partial charge in [-0.1, -0.05) is 6.92 Å². The molecule has 1 unspecified atom stereocenters. The first-order chi connectivity index (χ1) is 11.4. The number of rotatable bonds is 8. The Morgan fingerprint density at radius 1 is 1.32 bits per heavy atom. The van der Waals surface area contributed by atoms with Gasteiger partial charge in [0.1, 0.15) is 6.10 Å². The van der Waals surface area contributed by atoms with Gasteiger partial charge in [-0.3, -0.25) is 0 Å². The van der Waals surface area contributed by atoms with Crippen LogP contribution >= 0.6 is 12.4 Å². The summed E-state index contributed by atoms with van der Waals surface area (Å²) in [7, 11) is -1.94. The van der Waals surface area contributed by atoms with Crippen molar-refractivity contribution in [2.45, 2.75) is 30.8 Å². The molecule has 6 nitrogen and oxygen atoms in total. The Kier molecular flexibility index (Phi) is 9.09. The van der Waals surface area contributed by atoms with E-state index in [1.165, 1.54) is 12.1 Å². The second-order valence-corrected chi connectivity index (χ2v) is 7.80. The van der Waals surface area contributed by atoms with E-state index in [0.717, 1.165) is 6.07 Å². The molecule has 1 heterocycles. The highest BCUT2D eigenvalue weighted by Gasteiger charge is 2.20. The van der Waals surface area contributed by atoms with E-state index in [0.29, 0.717) is 32.6 Å². The van der Waals surface area contributed by atoms with Crippen LogP contribution in [0.25, 0.3) is 0 Å². The highest BCUT2D eigenvalue weighted by Crippen LogP contribution is 2.24. The van der Waals surface area contributed by atoms with E-state index < -0.39 is 15.8 Å². The zero-order valence-corrected chi connectivity index (χ0v) is 16.1. The van der Waals surface area contributed by atoms with Crippen LogP contribution in [-0.2, 0) is 14.8 Å². The molecule has 144 valence electrons. The van der Waals surface area contributed by atoms with Gasteiger partial charge < -0.3 is 14.8 Å². The molecule has 0 saturated carbocycles. The fourth-order valence-corrected chi connectivity index (χ4v) is 3.65. The van der Waals surface area contributed by atoms with Crippen LogP contribution in [-0.4, -0.2) is 47.9 Å². The molecule has 0 amide bonds. The molecule has 2 N–H and O–H groups in total. The molecular weight excluding hydrogens is 371 g/mol. The summed E-state index contributed by atoms with van der Waals surface area (Å²) < 4.78 is 52.0. The Morgan fingerprint density at radius 2 is 2.00 bits per heavy atom. The van der Waals surface area contributed by atoms with E-state index >= 15 is 0 Å². The lowest BCUT2D eigenvalue weighted by atomic mass is 10.1. The first-order valence-corrected chi connectivity index (χ1v) is 9.59. The van der Waals surface area contributed by atoms with Crippen LogP contribution in [0.15, 0.2) is 23.1 Å². The molecule has 1 aromatic carbocycles. The van der Waals surface area contributed by atoms with Gasteiger partial charge in [-0.05, 0) is 37.7 Å². The van der Waals surface area contributed by atoms with Gasteiger partial charge in [-0.25, -0.2) is 17.5 Å². The number of ether oxygens (including phenoxy) is 2. The molecule has 25 heavy (non-hydrogen) atoms. The smallest absolute Gasteiger partial charge is 0.240 e. The molecule has 1 atom stereocenters. The molecule has 2 rings (SSSR count). The predicted octanol–water partition coefficient (Wildman–Crippen LogP) is 1.94. The standard InChI is InChI=1S/C16H25FN2O4S.ClH/c1-12(10-18-2)11-19-24(20,21)14-3-4-16(15(17)9-14)23-13-5-7-22-8-6-13;/h3-4,9,12-13,18-19H,5-8,10-11H2,1-2H3;1H. The van der Waals surface area contributed by atoms with E-state index in [4.69, 9.17) is 9.47 Å². The second kappa shape index (κ2) is 10.3. The van der Waals surface area contributed by atoms with Gasteiger partial charge in [-0.15, -0.1) is 12.4 Å². The number of hydrogen-bond donors (Lipinski definition) is 2. The summed E-state index contributed by atoms with van der Waals surface area (Å²) in [4.78, 5) is -0.101. The molecule has 1 aliphatic heterocycles. The van der Waals surface area contributed by atoms with Gasteiger partial charge in [0.25, 0.3) is 0 Å². The maximum absolute atomic E-state index is 14.2. The number of halogens is 2. The van der Waals surface area contributed by atoms with Gasteiger partial charge in [0.15, 0.2) is 11.6 Å². The zero-order valence-electron chi connectivity index (χ0n) is 14.5. The third-order valence-corrected chi connectivity index (χ3v) is 5.27. The van der Waals surface area contributed by atoms with E-state index in [-0.39, 0.29) is 41.6 Å². The first-order valence-electron chi connectivity index (χ1n) is 8.10. The van der Waals surface area contributed by atoms with Gasteiger partial charge in [0.05, 0.1) is 18.1 Å². The van der Waals surface area contributed by atoms with Crippen LogP contribution in [0.2, 0.25) is 0 Å². The molecule has 0 bridgehead atoms. The number of hydrogen-bond acceptors (Lipinski definition) is 5. The Bertz CT molecular complexity index is 639. The van der Waals surface area contributed by atoms with Crippen molar-refractivity contribution in [2.24, 2.45) is 5.92 Å². The lowest BCUT2D eigenvalue weighted by molar-refractivity contribution is 0.0240. The van der Waals surface area contributed by atoms with Crippen LogP contribution < -0.4 is 14.8 Å². The zero-order chi connectivity index (χ0) is 17.6. The van der Waals surface area contributed by atoms with Crippen molar-refractivity contribution in [3.05, 3.63) is 24.0 Å². The Morgan fingerprint density at radius 3 is 2.60 bits per heavy atom. The van der Waals surface area contributed by atoms with Crippen LogP contribution in [0.4, 0.5) is 4.39 Å². The minimum atomic E-state index is -3.74. The van der Waals surface area contributed by atoms with E-state index in [2.05, 4.69) is 10.0 Å². The molecule has 0 aliphatic carbocycles. The monoisotopic (exact) mass is 396 g/mol. The van der Waals surface area contributed by atoms with Gasteiger partial charge in [0.2, 0.25) is 10.0 Å². The average molecular weight is 397 g/mol. The van der Waals surface area contributed by atoms with Crippen molar-refractivity contribution < 1.29 is 22.3 Å². The van der Waals surface area contributed by atoms with Gasteiger partial charge in [-0.2, -0.15) is 0 Å². The second-order valence-electron chi connectivity index (χ2n) is 6.04. The number of sulfonamides is 1. The maximum Gasteiger partial charge on any atom is 0.240 e. The maximum atomic E-state index is 14.2. The quantitative estimate of drug-likeness (QED) is 0.702. The third-order valence-electron chi connectivity index (χ3n) is 3.85. The summed E-state index contributed by atoms with van der Waals surface area (Å²) in [5.74, 6) is -0.470. The molecule has 0 spiro atoms. The molecule has 1 aromatic rings. The lowest BCUT2D eigenvalue weighted by Gasteiger charge is -2.23. The Labute approximate surface area is 154 Å². The topological polar surface area (TPSA) is 76.7 Å². The first kappa shape index (κ1) is 22.1.